The van der Waals surface area contributed by atoms with Crippen LogP contribution in [0.2, 0.25) is 0 Å². The molecule has 24 heavy (non-hydrogen) atoms. The summed E-state index contributed by atoms with van der Waals surface area (Å²) < 4.78 is 0. The van der Waals surface area contributed by atoms with Crippen molar-refractivity contribution in [3.05, 3.63) is 74.5 Å². The van der Waals surface area contributed by atoms with E-state index in [9.17, 15) is 9.90 Å². The van der Waals surface area contributed by atoms with Crippen LogP contribution in [0.3, 0.4) is 0 Å². The number of aliphatic hydroxyl groups is 1. The lowest BCUT2D eigenvalue weighted by molar-refractivity contribution is -0.116. The van der Waals surface area contributed by atoms with Gasteiger partial charge in [0.25, 0.3) is 0 Å². The highest BCUT2D eigenvalue weighted by Crippen LogP contribution is 2.46. The number of aryl methyl sites for hydroxylation is 6. The van der Waals surface area contributed by atoms with Crippen molar-refractivity contribution in [3.63, 3.8) is 0 Å². The highest BCUT2D eigenvalue weighted by molar-refractivity contribution is 6.32. The molecule has 2 aromatic carbocycles. The second-order valence-electron chi connectivity index (χ2n) is 7.14. The normalized spacial score (nSPS) is 17.2. The number of hydrogen-bond acceptors (Lipinski definition) is 2. The van der Waals surface area contributed by atoms with Gasteiger partial charge in [-0.1, -0.05) is 35.4 Å². The van der Waals surface area contributed by atoms with E-state index in [1.165, 1.54) is 11.1 Å². The Morgan fingerprint density at radius 1 is 0.750 bits per heavy atom. The summed E-state index contributed by atoms with van der Waals surface area (Å²) in [6.45, 7) is 12.1. The van der Waals surface area contributed by atoms with Gasteiger partial charge < -0.3 is 5.11 Å². The molecule has 2 aromatic rings. The maximum atomic E-state index is 12.9. The van der Waals surface area contributed by atoms with Crippen molar-refractivity contribution in [2.45, 2.75) is 47.5 Å². The van der Waals surface area contributed by atoms with E-state index in [1.54, 1.807) is 0 Å². The predicted octanol–water partition coefficient (Wildman–Crippen LogP) is 5.17. The van der Waals surface area contributed by atoms with Gasteiger partial charge in [-0.05, 0) is 74.9 Å². The summed E-state index contributed by atoms with van der Waals surface area (Å²) in [5.74, 6) is -0.275. The van der Waals surface area contributed by atoms with Gasteiger partial charge in [0.15, 0.2) is 5.78 Å². The molecule has 1 atom stereocenters. The molecule has 0 spiro atoms. The Kier molecular flexibility index (Phi) is 3.87. The van der Waals surface area contributed by atoms with E-state index < -0.39 is 5.92 Å². The Morgan fingerprint density at radius 3 is 1.58 bits per heavy atom. The third kappa shape index (κ3) is 2.37. The van der Waals surface area contributed by atoms with Crippen molar-refractivity contribution in [2.75, 3.05) is 0 Å². The number of aliphatic hydroxyl groups excluding tert-OH is 1. The summed E-state index contributed by atoms with van der Waals surface area (Å²) in [6, 6.07) is 8.27. The lowest BCUT2D eigenvalue weighted by atomic mass is 9.71. The van der Waals surface area contributed by atoms with Crippen LogP contribution in [-0.4, -0.2) is 10.9 Å². The number of carbonyl (C=O) groups excluding carboxylic acids is 1. The molecule has 1 N–H and O–H groups in total. The van der Waals surface area contributed by atoms with Crippen molar-refractivity contribution in [1.82, 2.24) is 0 Å². The Bertz CT molecular complexity index is 854. The molecule has 124 valence electrons. The first-order chi connectivity index (χ1) is 11.2. The number of rotatable bonds is 2. The molecule has 1 aliphatic rings. The third-order valence-corrected chi connectivity index (χ3v) is 4.99. The van der Waals surface area contributed by atoms with Crippen LogP contribution < -0.4 is 0 Å². The van der Waals surface area contributed by atoms with E-state index in [0.717, 1.165) is 33.4 Å². The zero-order valence-corrected chi connectivity index (χ0v) is 15.2. The van der Waals surface area contributed by atoms with Crippen LogP contribution in [-0.2, 0) is 4.79 Å². The van der Waals surface area contributed by atoms with Crippen LogP contribution in [0.25, 0.3) is 5.57 Å². The Morgan fingerprint density at radius 2 is 1.17 bits per heavy atom. The first-order valence-electron chi connectivity index (χ1n) is 8.35. The van der Waals surface area contributed by atoms with Gasteiger partial charge in [0.2, 0.25) is 0 Å². The van der Waals surface area contributed by atoms with Crippen molar-refractivity contribution in [3.8, 4) is 0 Å². The molecule has 3 rings (SSSR count). The molecule has 1 unspecified atom stereocenters. The van der Waals surface area contributed by atoms with Crippen molar-refractivity contribution >= 4 is 11.4 Å². The minimum atomic E-state index is -0.513. The second kappa shape index (κ2) is 5.62. The van der Waals surface area contributed by atoms with Crippen molar-refractivity contribution < 1.29 is 9.90 Å². The summed E-state index contributed by atoms with van der Waals surface area (Å²) in [4.78, 5) is 12.9. The molecule has 0 aromatic heterocycles. The molecule has 0 fully saturated rings. The Labute approximate surface area is 143 Å². The van der Waals surface area contributed by atoms with E-state index >= 15 is 0 Å². The zero-order chi connectivity index (χ0) is 17.8. The Balaban J connectivity index is 2.15. The van der Waals surface area contributed by atoms with Crippen LogP contribution in [0, 0.1) is 41.5 Å². The minimum Gasteiger partial charge on any atom is -0.510 e. The fourth-order valence-corrected chi connectivity index (χ4v) is 4.20. The van der Waals surface area contributed by atoms with Gasteiger partial charge in [-0.25, -0.2) is 0 Å². The number of ketones is 1. The molecule has 0 aliphatic heterocycles. The number of carbonyl (C=O) groups is 1. The van der Waals surface area contributed by atoms with Gasteiger partial charge in [0.05, 0.1) is 5.57 Å². The second-order valence-corrected chi connectivity index (χ2v) is 7.14. The summed E-state index contributed by atoms with van der Waals surface area (Å²) in [6.07, 6.45) is 0. The van der Waals surface area contributed by atoms with Crippen LogP contribution in [0.4, 0.5) is 0 Å². The quantitative estimate of drug-likeness (QED) is 0.828. The molecule has 2 heteroatoms. The first kappa shape index (κ1) is 16.5. The highest BCUT2D eigenvalue weighted by Gasteiger charge is 2.43. The number of Topliss-reactive ketones (excluding diaryl/α,β-unsaturated/α-hetero) is 1. The van der Waals surface area contributed by atoms with Crippen LogP contribution >= 0.6 is 0 Å². The topological polar surface area (TPSA) is 37.3 Å². The largest absolute Gasteiger partial charge is 0.510 e. The van der Waals surface area contributed by atoms with Crippen LogP contribution in [0.15, 0.2) is 30.0 Å². The molecule has 0 amide bonds. The monoisotopic (exact) mass is 320 g/mol. The Hall–Kier alpha value is -2.35. The summed E-state index contributed by atoms with van der Waals surface area (Å²) in [5, 5.41) is 10.7. The van der Waals surface area contributed by atoms with E-state index in [-0.39, 0.29) is 11.5 Å². The predicted molar refractivity (Wildman–Crippen MR) is 98.6 cm³/mol. The van der Waals surface area contributed by atoms with Gasteiger partial charge in [-0.15, -0.1) is 0 Å². The standard InChI is InChI=1S/C22H24O2/c1-11-7-13(3)17(14(4)8-11)19-21(23)20(22(19)24)18-15(5)9-12(2)10-16(18)6/h7-10,19,23H,1-6H3. The summed E-state index contributed by atoms with van der Waals surface area (Å²) in [5.41, 5.74) is 8.89. The van der Waals surface area contributed by atoms with Gasteiger partial charge >= 0.3 is 0 Å². The van der Waals surface area contributed by atoms with Crippen molar-refractivity contribution in [2.24, 2.45) is 0 Å². The minimum absolute atomic E-state index is 0.0256. The van der Waals surface area contributed by atoms with E-state index in [1.807, 2.05) is 41.5 Å². The molecular formula is C22H24O2. The number of hydrogen-bond donors (Lipinski definition) is 1. The highest BCUT2D eigenvalue weighted by atomic mass is 16.3. The molecule has 1 aliphatic carbocycles. The summed E-state index contributed by atoms with van der Waals surface area (Å²) >= 11 is 0. The lowest BCUT2D eigenvalue weighted by Gasteiger charge is -2.32. The molecule has 0 saturated heterocycles. The van der Waals surface area contributed by atoms with Crippen LogP contribution in [0.1, 0.15) is 50.4 Å². The van der Waals surface area contributed by atoms with Gasteiger partial charge in [0.1, 0.15) is 11.7 Å². The molecule has 0 heterocycles. The van der Waals surface area contributed by atoms with Gasteiger partial charge in [0, 0.05) is 0 Å². The zero-order valence-electron chi connectivity index (χ0n) is 15.2. The van der Waals surface area contributed by atoms with E-state index in [4.69, 9.17) is 0 Å². The molecule has 0 radical (unpaired) electrons. The smallest absolute Gasteiger partial charge is 0.181 e. The lowest BCUT2D eigenvalue weighted by Crippen LogP contribution is -2.30. The van der Waals surface area contributed by atoms with Crippen molar-refractivity contribution in [1.29, 1.82) is 0 Å². The SMILES string of the molecule is Cc1cc(C)c(C2=C(O)C(c3c(C)cc(C)cc3C)C2=O)c(C)c1. The fraction of sp³-hybridized carbons (Fsp3) is 0.318. The number of benzene rings is 2. The molecule has 2 nitrogen and oxygen atoms in total. The molecule has 0 bridgehead atoms. The summed E-state index contributed by atoms with van der Waals surface area (Å²) in [7, 11) is 0. The van der Waals surface area contributed by atoms with Gasteiger partial charge in [-0.3, -0.25) is 4.79 Å². The maximum absolute atomic E-state index is 12.9. The fourth-order valence-electron chi connectivity index (χ4n) is 4.20. The average molecular weight is 320 g/mol. The molecule has 0 saturated carbocycles. The first-order valence-corrected chi connectivity index (χ1v) is 8.35. The third-order valence-electron chi connectivity index (χ3n) is 4.99. The average Bonchev–Trinajstić information content (AvgIpc) is 2.46. The number of allylic oxidation sites excluding steroid dienone is 2. The molecular weight excluding hydrogens is 296 g/mol. The van der Waals surface area contributed by atoms with E-state index in [0.29, 0.717) is 5.57 Å². The maximum Gasteiger partial charge on any atom is 0.181 e. The van der Waals surface area contributed by atoms with E-state index in [2.05, 4.69) is 24.3 Å². The van der Waals surface area contributed by atoms with Crippen LogP contribution in [0.5, 0.6) is 0 Å². The van der Waals surface area contributed by atoms with Gasteiger partial charge in [-0.2, -0.15) is 0 Å².